The molecule has 2 aromatic rings. The number of likely N-dealkylation sites (tertiary alicyclic amines) is 1. The van der Waals surface area contributed by atoms with Crippen molar-refractivity contribution in [3.8, 4) is 0 Å². The van der Waals surface area contributed by atoms with Gasteiger partial charge in [-0.1, -0.05) is 12.1 Å². The minimum atomic E-state index is -0.237. The van der Waals surface area contributed by atoms with Gasteiger partial charge in [-0.25, -0.2) is 4.39 Å². The van der Waals surface area contributed by atoms with Crippen molar-refractivity contribution in [1.82, 2.24) is 20.4 Å². The molecule has 0 unspecified atom stereocenters. The highest BCUT2D eigenvalue weighted by Crippen LogP contribution is 2.43. The normalized spacial score (nSPS) is 25.3. The zero-order valence-electron chi connectivity index (χ0n) is 14.1. The lowest BCUT2D eigenvalue weighted by Gasteiger charge is -2.28. The average molecular weight is 342 g/mol. The summed E-state index contributed by atoms with van der Waals surface area (Å²) in [5.41, 5.74) is 2.04. The number of aromatic nitrogens is 2. The molecule has 2 aliphatic rings. The molecule has 4 rings (SSSR count). The van der Waals surface area contributed by atoms with Crippen LogP contribution in [0.15, 0.2) is 36.7 Å². The van der Waals surface area contributed by atoms with Gasteiger partial charge in [-0.3, -0.25) is 9.89 Å². The molecule has 0 radical (unpaired) electrons. The van der Waals surface area contributed by atoms with Gasteiger partial charge in [-0.05, 0) is 42.0 Å². The van der Waals surface area contributed by atoms with E-state index in [4.69, 9.17) is 0 Å². The van der Waals surface area contributed by atoms with E-state index in [1.54, 1.807) is 18.3 Å². The van der Waals surface area contributed by atoms with Gasteiger partial charge in [0.1, 0.15) is 5.82 Å². The van der Waals surface area contributed by atoms with Crippen molar-refractivity contribution >= 4 is 5.91 Å². The van der Waals surface area contributed by atoms with E-state index in [1.165, 1.54) is 6.07 Å². The first-order chi connectivity index (χ1) is 12.2. The molecule has 132 valence electrons. The molecule has 1 aromatic heterocycles. The molecule has 1 amide bonds. The summed E-state index contributed by atoms with van der Waals surface area (Å²) in [7, 11) is 0. The van der Waals surface area contributed by atoms with Crippen molar-refractivity contribution in [2.45, 2.75) is 25.3 Å². The second kappa shape index (κ2) is 6.96. The number of hydrogen-bond acceptors (Lipinski definition) is 3. The zero-order chi connectivity index (χ0) is 17.2. The third-order valence-corrected chi connectivity index (χ3v) is 5.49. The fourth-order valence-electron chi connectivity index (χ4n) is 4.30. The van der Waals surface area contributed by atoms with Crippen molar-refractivity contribution in [1.29, 1.82) is 0 Å². The summed E-state index contributed by atoms with van der Waals surface area (Å²) < 4.78 is 13.7. The molecule has 2 aliphatic heterocycles. The monoisotopic (exact) mass is 342 g/mol. The topological polar surface area (TPSA) is 61.0 Å². The molecule has 0 spiro atoms. The SMILES string of the molecule is O=C(CCCc1cn[nH]c1)N1C[C@@H]2CNC[C@@H]2[C@@H]1c1cccc(F)c1. The number of aromatic amines is 1. The van der Waals surface area contributed by atoms with Crippen LogP contribution in [0.2, 0.25) is 0 Å². The van der Waals surface area contributed by atoms with Crippen molar-refractivity contribution in [3.05, 3.63) is 53.6 Å². The molecule has 0 bridgehead atoms. The third kappa shape index (κ3) is 3.31. The van der Waals surface area contributed by atoms with Crippen LogP contribution < -0.4 is 5.32 Å². The second-order valence-corrected chi connectivity index (χ2v) is 7.09. The maximum absolute atomic E-state index is 13.7. The number of halogens is 1. The molecule has 2 fully saturated rings. The van der Waals surface area contributed by atoms with Gasteiger partial charge in [-0.2, -0.15) is 5.10 Å². The number of aryl methyl sites for hydroxylation is 1. The summed E-state index contributed by atoms with van der Waals surface area (Å²) >= 11 is 0. The van der Waals surface area contributed by atoms with E-state index in [9.17, 15) is 9.18 Å². The predicted octanol–water partition coefficient (Wildman–Crippen LogP) is 2.29. The Hall–Kier alpha value is -2.21. The summed E-state index contributed by atoms with van der Waals surface area (Å²) in [4.78, 5) is 14.8. The Bertz CT molecular complexity index is 733. The van der Waals surface area contributed by atoms with Crippen molar-refractivity contribution in [2.75, 3.05) is 19.6 Å². The molecule has 0 aliphatic carbocycles. The van der Waals surface area contributed by atoms with E-state index < -0.39 is 0 Å². The minimum Gasteiger partial charge on any atom is -0.335 e. The molecule has 3 atom stereocenters. The van der Waals surface area contributed by atoms with Gasteiger partial charge in [0.15, 0.2) is 0 Å². The van der Waals surface area contributed by atoms with Gasteiger partial charge < -0.3 is 10.2 Å². The predicted molar refractivity (Wildman–Crippen MR) is 92.2 cm³/mol. The standard InChI is InChI=1S/C19H23FN4O/c20-16-5-2-4-14(7-16)19-17-11-21-10-15(17)12-24(19)18(25)6-1-3-13-8-22-23-9-13/h2,4-5,7-9,15,17,19,21H,1,3,6,10-12H2,(H,22,23)/t15-,17-,19-/m0/s1. The van der Waals surface area contributed by atoms with Gasteiger partial charge in [0.05, 0.1) is 12.2 Å². The first-order valence-electron chi connectivity index (χ1n) is 8.95. The molecule has 3 heterocycles. The van der Waals surface area contributed by atoms with Crippen molar-refractivity contribution in [2.24, 2.45) is 11.8 Å². The first kappa shape index (κ1) is 16.3. The average Bonchev–Trinajstić information content (AvgIpc) is 3.31. The van der Waals surface area contributed by atoms with E-state index in [0.29, 0.717) is 18.3 Å². The Labute approximate surface area is 146 Å². The number of hydrogen-bond donors (Lipinski definition) is 2. The van der Waals surface area contributed by atoms with Gasteiger partial charge in [0.2, 0.25) is 5.91 Å². The quantitative estimate of drug-likeness (QED) is 0.876. The molecule has 2 N–H and O–H groups in total. The molecule has 1 aromatic carbocycles. The Balaban J connectivity index is 1.47. The van der Waals surface area contributed by atoms with Gasteiger partial charge >= 0.3 is 0 Å². The van der Waals surface area contributed by atoms with E-state index in [1.807, 2.05) is 17.2 Å². The number of amides is 1. The number of nitrogens with zero attached hydrogens (tertiary/aromatic N) is 2. The summed E-state index contributed by atoms with van der Waals surface area (Å²) in [6.07, 6.45) is 5.83. The molecule has 25 heavy (non-hydrogen) atoms. The molecular formula is C19H23FN4O. The Morgan fingerprint density at radius 1 is 1.36 bits per heavy atom. The number of H-pyrrole nitrogens is 1. The maximum atomic E-state index is 13.7. The lowest BCUT2D eigenvalue weighted by Crippen LogP contribution is -2.34. The number of fused-ring (bicyclic) bond motifs is 1. The van der Waals surface area contributed by atoms with Crippen molar-refractivity contribution in [3.63, 3.8) is 0 Å². The van der Waals surface area contributed by atoms with Crippen LogP contribution in [0.25, 0.3) is 0 Å². The van der Waals surface area contributed by atoms with Crippen LogP contribution in [0.4, 0.5) is 4.39 Å². The smallest absolute Gasteiger partial charge is 0.223 e. The number of benzene rings is 1. The molecule has 5 nitrogen and oxygen atoms in total. The van der Waals surface area contributed by atoms with Crippen LogP contribution in [-0.2, 0) is 11.2 Å². The largest absolute Gasteiger partial charge is 0.335 e. The summed E-state index contributed by atoms with van der Waals surface area (Å²) in [5, 5.41) is 10.1. The van der Waals surface area contributed by atoms with E-state index in [-0.39, 0.29) is 17.8 Å². The van der Waals surface area contributed by atoms with Crippen LogP contribution in [-0.4, -0.2) is 40.6 Å². The molecule has 6 heteroatoms. The van der Waals surface area contributed by atoms with Crippen LogP contribution in [0.5, 0.6) is 0 Å². The van der Waals surface area contributed by atoms with E-state index in [0.717, 1.165) is 43.6 Å². The third-order valence-electron chi connectivity index (χ3n) is 5.49. The Kier molecular flexibility index (Phi) is 4.53. The highest BCUT2D eigenvalue weighted by atomic mass is 19.1. The fourth-order valence-corrected chi connectivity index (χ4v) is 4.30. The van der Waals surface area contributed by atoms with E-state index >= 15 is 0 Å². The number of carbonyl (C=O) groups excluding carboxylic acids is 1. The van der Waals surface area contributed by atoms with Crippen LogP contribution >= 0.6 is 0 Å². The minimum absolute atomic E-state index is 0.0166. The zero-order valence-corrected chi connectivity index (χ0v) is 14.1. The molecular weight excluding hydrogens is 319 g/mol. The molecule has 0 saturated carbocycles. The van der Waals surface area contributed by atoms with Crippen molar-refractivity contribution < 1.29 is 9.18 Å². The molecule has 2 saturated heterocycles. The van der Waals surface area contributed by atoms with Crippen LogP contribution in [0, 0.1) is 17.7 Å². The maximum Gasteiger partial charge on any atom is 0.223 e. The lowest BCUT2D eigenvalue weighted by atomic mass is 9.89. The number of carbonyl (C=O) groups is 1. The number of rotatable bonds is 5. The summed E-state index contributed by atoms with van der Waals surface area (Å²) in [6, 6.07) is 6.70. The lowest BCUT2D eigenvalue weighted by molar-refractivity contribution is -0.132. The number of nitrogens with one attached hydrogen (secondary N) is 2. The highest BCUT2D eigenvalue weighted by molar-refractivity contribution is 5.77. The first-order valence-corrected chi connectivity index (χ1v) is 8.95. The van der Waals surface area contributed by atoms with Gasteiger partial charge in [0.25, 0.3) is 0 Å². The van der Waals surface area contributed by atoms with E-state index in [2.05, 4.69) is 15.5 Å². The summed E-state index contributed by atoms with van der Waals surface area (Å²) in [5.74, 6) is 0.775. The van der Waals surface area contributed by atoms with Crippen LogP contribution in [0.3, 0.4) is 0 Å². The Morgan fingerprint density at radius 2 is 2.28 bits per heavy atom. The Morgan fingerprint density at radius 3 is 3.08 bits per heavy atom. The van der Waals surface area contributed by atoms with Gasteiger partial charge in [-0.15, -0.1) is 0 Å². The second-order valence-electron chi connectivity index (χ2n) is 7.09. The fraction of sp³-hybridized carbons (Fsp3) is 0.474. The van der Waals surface area contributed by atoms with Gasteiger partial charge in [0, 0.05) is 38.2 Å². The highest BCUT2D eigenvalue weighted by Gasteiger charge is 2.46. The summed E-state index contributed by atoms with van der Waals surface area (Å²) in [6.45, 7) is 2.60. The van der Waals surface area contributed by atoms with Crippen LogP contribution in [0.1, 0.15) is 30.0 Å².